The monoisotopic (exact) mass is 459 g/mol. The Morgan fingerprint density at radius 1 is 1.00 bits per heavy atom. The van der Waals surface area contributed by atoms with Gasteiger partial charge in [0.25, 0.3) is 0 Å². The quantitative estimate of drug-likeness (QED) is 0.349. The van der Waals surface area contributed by atoms with Crippen LogP contribution in [0.4, 0.5) is 13.2 Å². The molecule has 1 aromatic heterocycles. The first-order chi connectivity index (χ1) is 14.5. The van der Waals surface area contributed by atoms with Gasteiger partial charge in [0, 0.05) is 18.7 Å². The molecular formula is C23H33ClF3N3O. The summed E-state index contributed by atoms with van der Waals surface area (Å²) in [7, 11) is 0. The summed E-state index contributed by atoms with van der Waals surface area (Å²) in [6.07, 6.45) is 6.37. The van der Waals surface area contributed by atoms with Gasteiger partial charge in [-0.1, -0.05) is 75.6 Å². The highest BCUT2D eigenvalue weighted by Gasteiger charge is 2.34. The van der Waals surface area contributed by atoms with Crippen LogP contribution in [0.5, 0.6) is 0 Å². The van der Waals surface area contributed by atoms with Crippen LogP contribution in [0, 0.1) is 0 Å². The van der Waals surface area contributed by atoms with Gasteiger partial charge in [0.15, 0.2) is 0 Å². The van der Waals surface area contributed by atoms with E-state index < -0.39 is 11.7 Å². The zero-order valence-electron chi connectivity index (χ0n) is 18.1. The van der Waals surface area contributed by atoms with E-state index >= 15 is 0 Å². The fraction of sp³-hybridized carbons (Fsp3) is 0.652. The first kappa shape index (κ1) is 25.7. The molecule has 0 aliphatic carbocycles. The zero-order valence-corrected chi connectivity index (χ0v) is 19.0. The van der Waals surface area contributed by atoms with Gasteiger partial charge >= 0.3 is 6.18 Å². The Morgan fingerprint density at radius 3 is 2.23 bits per heavy atom. The highest BCUT2D eigenvalue weighted by molar-refractivity contribution is 5.85. The molecule has 174 valence electrons. The van der Waals surface area contributed by atoms with Gasteiger partial charge in [-0.3, -0.25) is 0 Å². The van der Waals surface area contributed by atoms with Crippen LogP contribution in [0.25, 0.3) is 11.4 Å². The Morgan fingerprint density at radius 2 is 1.65 bits per heavy atom. The van der Waals surface area contributed by atoms with Crippen molar-refractivity contribution in [1.82, 2.24) is 15.5 Å². The number of aryl methyl sites for hydroxylation is 1. The molecule has 0 radical (unpaired) electrons. The number of nitrogens with one attached hydrogen (secondary N) is 1. The first-order valence-electron chi connectivity index (χ1n) is 11.2. The number of hydrogen-bond donors (Lipinski definition) is 1. The number of benzene rings is 1. The summed E-state index contributed by atoms with van der Waals surface area (Å²) < 4.78 is 46.2. The molecule has 2 aromatic rings. The lowest BCUT2D eigenvalue weighted by atomic mass is 9.97. The second kappa shape index (κ2) is 12.4. The van der Waals surface area contributed by atoms with Crippen LogP contribution >= 0.6 is 12.4 Å². The second-order valence-electron chi connectivity index (χ2n) is 8.26. The third-order valence-corrected chi connectivity index (χ3v) is 5.80. The molecule has 31 heavy (non-hydrogen) atoms. The summed E-state index contributed by atoms with van der Waals surface area (Å²) >= 11 is 0. The third-order valence-electron chi connectivity index (χ3n) is 5.80. The minimum atomic E-state index is -4.39. The molecule has 1 saturated heterocycles. The van der Waals surface area contributed by atoms with Crippen molar-refractivity contribution in [2.45, 2.75) is 83.2 Å². The number of unbranched alkanes of at least 4 members (excludes halogenated alkanes) is 8. The summed E-state index contributed by atoms with van der Waals surface area (Å²) in [5.41, 5.74) is 0.109. The lowest BCUT2D eigenvalue weighted by Gasteiger charge is -2.22. The van der Waals surface area contributed by atoms with E-state index in [0.29, 0.717) is 23.4 Å². The Labute approximate surface area is 188 Å². The minimum absolute atomic E-state index is 0. The summed E-state index contributed by atoms with van der Waals surface area (Å²) in [6, 6.07) is 4.41. The Balaban J connectivity index is 0.00000341. The number of halogens is 4. The van der Waals surface area contributed by atoms with Gasteiger partial charge in [0.2, 0.25) is 11.7 Å². The summed E-state index contributed by atoms with van der Waals surface area (Å²) in [5.74, 6) is 0.854. The number of aromatic nitrogens is 2. The molecule has 0 saturated carbocycles. The molecule has 3 rings (SSSR count). The highest BCUT2D eigenvalue weighted by atomic mass is 35.5. The van der Waals surface area contributed by atoms with Crippen molar-refractivity contribution in [3.8, 4) is 11.4 Å². The molecule has 0 spiro atoms. The van der Waals surface area contributed by atoms with Crippen molar-refractivity contribution in [1.29, 1.82) is 0 Å². The van der Waals surface area contributed by atoms with Gasteiger partial charge in [-0.25, -0.2) is 0 Å². The van der Waals surface area contributed by atoms with E-state index in [4.69, 9.17) is 4.52 Å². The van der Waals surface area contributed by atoms with Crippen LogP contribution in [-0.2, 0) is 12.6 Å². The predicted molar refractivity (Wildman–Crippen MR) is 119 cm³/mol. The van der Waals surface area contributed by atoms with Crippen LogP contribution in [0.15, 0.2) is 22.7 Å². The van der Waals surface area contributed by atoms with Crippen LogP contribution in [-0.4, -0.2) is 23.2 Å². The summed E-state index contributed by atoms with van der Waals surface area (Å²) in [5, 5.41) is 7.00. The van der Waals surface area contributed by atoms with Crippen molar-refractivity contribution in [3.63, 3.8) is 0 Å². The van der Waals surface area contributed by atoms with Crippen molar-refractivity contribution in [3.05, 3.63) is 35.2 Å². The zero-order chi connectivity index (χ0) is 21.4. The predicted octanol–water partition coefficient (Wildman–Crippen LogP) is 6.94. The fourth-order valence-electron chi connectivity index (χ4n) is 3.81. The molecule has 0 bridgehead atoms. The maximum atomic E-state index is 13.6. The molecule has 1 aliphatic rings. The molecule has 0 unspecified atom stereocenters. The number of alkyl halides is 3. The highest BCUT2D eigenvalue weighted by Crippen LogP contribution is 2.35. The van der Waals surface area contributed by atoms with E-state index in [9.17, 15) is 13.2 Å². The topological polar surface area (TPSA) is 51.0 Å². The van der Waals surface area contributed by atoms with E-state index in [-0.39, 0.29) is 24.1 Å². The molecule has 1 N–H and O–H groups in total. The normalized spacial score (nSPS) is 14.3. The van der Waals surface area contributed by atoms with Gasteiger partial charge < -0.3 is 9.84 Å². The maximum Gasteiger partial charge on any atom is 0.416 e. The Bertz CT molecular complexity index is 791. The number of nitrogens with zero attached hydrogens (tertiary/aromatic N) is 2. The van der Waals surface area contributed by atoms with Gasteiger partial charge in [0.05, 0.1) is 11.5 Å². The average molecular weight is 460 g/mol. The third kappa shape index (κ3) is 7.49. The van der Waals surface area contributed by atoms with Crippen LogP contribution < -0.4 is 5.32 Å². The van der Waals surface area contributed by atoms with Crippen LogP contribution in [0.3, 0.4) is 0 Å². The SMILES string of the molecule is CCCCCCCCCCCc1ccc(-c2noc(C3CNC3)n2)cc1C(F)(F)F.Cl. The van der Waals surface area contributed by atoms with Crippen LogP contribution in [0.2, 0.25) is 0 Å². The second-order valence-corrected chi connectivity index (χ2v) is 8.26. The molecule has 1 aliphatic heterocycles. The molecule has 2 heterocycles. The van der Waals surface area contributed by atoms with E-state index in [1.807, 2.05) is 0 Å². The fourth-order valence-corrected chi connectivity index (χ4v) is 3.81. The molecule has 4 nitrogen and oxygen atoms in total. The van der Waals surface area contributed by atoms with E-state index in [2.05, 4.69) is 22.4 Å². The lowest BCUT2D eigenvalue weighted by molar-refractivity contribution is -0.138. The summed E-state index contributed by atoms with van der Waals surface area (Å²) in [4.78, 5) is 4.29. The minimum Gasteiger partial charge on any atom is -0.339 e. The number of rotatable bonds is 12. The lowest BCUT2D eigenvalue weighted by Crippen LogP contribution is -2.40. The summed E-state index contributed by atoms with van der Waals surface area (Å²) in [6.45, 7) is 3.72. The smallest absolute Gasteiger partial charge is 0.339 e. The van der Waals surface area contributed by atoms with Gasteiger partial charge in [-0.05, 0) is 24.5 Å². The molecule has 0 atom stereocenters. The first-order valence-corrected chi connectivity index (χ1v) is 11.2. The standard InChI is InChI=1S/C23H32F3N3O.ClH/c1-2-3-4-5-6-7-8-9-10-11-17-12-13-18(14-20(17)23(24,25)26)21-28-22(30-29-21)19-15-27-16-19;/h12-14,19,27H,2-11,15-16H2,1H3;1H. The van der Waals surface area contributed by atoms with E-state index in [0.717, 1.165) is 38.4 Å². The average Bonchev–Trinajstić information content (AvgIpc) is 3.14. The van der Waals surface area contributed by atoms with Crippen molar-refractivity contribution in [2.24, 2.45) is 0 Å². The maximum absolute atomic E-state index is 13.6. The van der Waals surface area contributed by atoms with Crippen LogP contribution in [0.1, 0.15) is 87.6 Å². The van der Waals surface area contributed by atoms with Crippen molar-refractivity contribution in [2.75, 3.05) is 13.1 Å². The van der Waals surface area contributed by atoms with Gasteiger partial charge in [-0.15, -0.1) is 12.4 Å². The number of hydrogen-bond acceptors (Lipinski definition) is 4. The molecule has 1 aromatic carbocycles. The Kier molecular flexibility index (Phi) is 10.3. The van der Waals surface area contributed by atoms with Crippen molar-refractivity contribution < 1.29 is 17.7 Å². The van der Waals surface area contributed by atoms with Gasteiger partial charge in [-0.2, -0.15) is 18.2 Å². The van der Waals surface area contributed by atoms with Gasteiger partial charge in [0.1, 0.15) is 0 Å². The molecular weight excluding hydrogens is 427 g/mol. The molecule has 0 amide bonds. The van der Waals surface area contributed by atoms with E-state index in [1.54, 1.807) is 12.1 Å². The molecule has 8 heteroatoms. The van der Waals surface area contributed by atoms with E-state index in [1.165, 1.54) is 38.5 Å². The van der Waals surface area contributed by atoms with Crippen molar-refractivity contribution >= 4 is 12.4 Å². The Hall–Kier alpha value is -1.60. The molecule has 1 fully saturated rings. The largest absolute Gasteiger partial charge is 0.416 e.